The number of nitrogens with one attached hydrogen (secondary N) is 1. The minimum atomic E-state index is 0. The predicted molar refractivity (Wildman–Crippen MR) is 105 cm³/mol. The number of guanidine groups is 1. The Balaban J connectivity index is 0.00000169. The molecule has 1 saturated heterocycles. The van der Waals surface area contributed by atoms with Crippen LogP contribution < -0.4 is 5.32 Å². The number of furan rings is 1. The number of halogens is 1. The molecule has 0 amide bonds. The lowest BCUT2D eigenvalue weighted by Crippen LogP contribution is -2.72. The van der Waals surface area contributed by atoms with Crippen LogP contribution in [0.2, 0.25) is 0 Å². The molecule has 4 rings (SSSR count). The van der Waals surface area contributed by atoms with Crippen LogP contribution in [-0.2, 0) is 11.3 Å². The largest absolute Gasteiger partial charge is 0.467 e. The topological polar surface area (TPSA) is 50.0 Å². The number of hydrogen-bond donors (Lipinski definition) is 1. The SMILES string of the molecule is CCN=C(NC1C2CCOC2C12CCC2)N(C)Cc1ccco1.I. The summed E-state index contributed by atoms with van der Waals surface area (Å²) in [6, 6.07) is 4.47. The summed E-state index contributed by atoms with van der Waals surface area (Å²) in [7, 11) is 2.08. The van der Waals surface area contributed by atoms with Gasteiger partial charge in [-0.2, -0.15) is 0 Å². The first kappa shape index (κ1) is 18.0. The lowest BCUT2D eigenvalue weighted by atomic mass is 9.46. The molecule has 3 unspecified atom stereocenters. The summed E-state index contributed by atoms with van der Waals surface area (Å²) in [4.78, 5) is 6.88. The third kappa shape index (κ3) is 2.85. The van der Waals surface area contributed by atoms with E-state index in [9.17, 15) is 0 Å². The normalized spacial score (nSPS) is 30.1. The first-order chi connectivity index (χ1) is 11.2. The van der Waals surface area contributed by atoms with Gasteiger partial charge in [0, 0.05) is 37.6 Å². The van der Waals surface area contributed by atoms with E-state index in [1.165, 1.54) is 25.7 Å². The van der Waals surface area contributed by atoms with Crippen LogP contribution in [0.5, 0.6) is 0 Å². The average molecular weight is 445 g/mol. The van der Waals surface area contributed by atoms with Crippen LogP contribution in [0, 0.1) is 11.3 Å². The molecule has 3 atom stereocenters. The molecular weight excluding hydrogens is 417 g/mol. The van der Waals surface area contributed by atoms with Crippen LogP contribution in [-0.4, -0.2) is 43.2 Å². The van der Waals surface area contributed by atoms with Crippen molar-refractivity contribution in [3.8, 4) is 0 Å². The highest BCUT2D eigenvalue weighted by molar-refractivity contribution is 14.0. The highest BCUT2D eigenvalue weighted by Gasteiger charge is 2.66. The molecule has 2 saturated carbocycles. The summed E-state index contributed by atoms with van der Waals surface area (Å²) >= 11 is 0. The molecule has 2 heterocycles. The van der Waals surface area contributed by atoms with Gasteiger partial charge >= 0.3 is 0 Å². The molecule has 24 heavy (non-hydrogen) atoms. The van der Waals surface area contributed by atoms with Crippen LogP contribution in [0.25, 0.3) is 0 Å². The first-order valence-electron chi connectivity index (χ1n) is 8.91. The lowest BCUT2D eigenvalue weighted by Gasteiger charge is -2.63. The van der Waals surface area contributed by atoms with Gasteiger partial charge in [-0.15, -0.1) is 24.0 Å². The number of rotatable bonds is 4. The fraction of sp³-hybridized carbons (Fsp3) is 0.722. The van der Waals surface area contributed by atoms with E-state index < -0.39 is 0 Å². The Hall–Kier alpha value is -0.760. The van der Waals surface area contributed by atoms with E-state index in [2.05, 4.69) is 24.2 Å². The quantitative estimate of drug-likeness (QED) is 0.439. The van der Waals surface area contributed by atoms with E-state index in [1.807, 2.05) is 12.1 Å². The first-order valence-corrected chi connectivity index (χ1v) is 8.91. The highest BCUT2D eigenvalue weighted by atomic mass is 127. The second kappa shape index (κ2) is 7.23. The molecule has 3 fully saturated rings. The minimum Gasteiger partial charge on any atom is -0.467 e. The van der Waals surface area contributed by atoms with Gasteiger partial charge in [0.05, 0.1) is 18.9 Å². The molecule has 5 nitrogen and oxygen atoms in total. The van der Waals surface area contributed by atoms with Crippen LogP contribution in [0.15, 0.2) is 27.8 Å². The van der Waals surface area contributed by atoms with Gasteiger partial charge in [-0.3, -0.25) is 4.99 Å². The highest BCUT2D eigenvalue weighted by Crippen LogP contribution is 2.62. The van der Waals surface area contributed by atoms with E-state index >= 15 is 0 Å². The third-order valence-electron chi connectivity index (χ3n) is 5.96. The van der Waals surface area contributed by atoms with E-state index in [0.717, 1.165) is 31.4 Å². The van der Waals surface area contributed by atoms with Crippen molar-refractivity contribution in [1.82, 2.24) is 10.2 Å². The van der Waals surface area contributed by atoms with Gasteiger partial charge < -0.3 is 19.4 Å². The number of ether oxygens (including phenoxy) is 1. The van der Waals surface area contributed by atoms with Gasteiger partial charge in [0.15, 0.2) is 5.96 Å². The van der Waals surface area contributed by atoms with Crippen molar-refractivity contribution < 1.29 is 9.15 Å². The Morgan fingerprint density at radius 2 is 2.29 bits per heavy atom. The van der Waals surface area contributed by atoms with Crippen LogP contribution in [0.1, 0.15) is 38.4 Å². The zero-order chi connectivity index (χ0) is 15.9. The summed E-state index contributed by atoms with van der Waals surface area (Å²) < 4.78 is 11.5. The van der Waals surface area contributed by atoms with Crippen molar-refractivity contribution in [2.75, 3.05) is 20.2 Å². The molecule has 1 aromatic rings. The van der Waals surface area contributed by atoms with Crippen molar-refractivity contribution in [3.63, 3.8) is 0 Å². The lowest BCUT2D eigenvalue weighted by molar-refractivity contribution is -0.171. The van der Waals surface area contributed by atoms with E-state index in [4.69, 9.17) is 14.1 Å². The summed E-state index contributed by atoms with van der Waals surface area (Å²) in [5.74, 6) is 2.62. The van der Waals surface area contributed by atoms with Gasteiger partial charge in [-0.05, 0) is 38.3 Å². The maximum Gasteiger partial charge on any atom is 0.194 e. The van der Waals surface area contributed by atoms with Crippen LogP contribution >= 0.6 is 24.0 Å². The molecule has 1 N–H and O–H groups in total. The van der Waals surface area contributed by atoms with Gasteiger partial charge in [0.25, 0.3) is 0 Å². The Kier molecular flexibility index (Phi) is 5.44. The monoisotopic (exact) mass is 445 g/mol. The molecule has 2 aliphatic carbocycles. The van der Waals surface area contributed by atoms with Gasteiger partial charge in [0.1, 0.15) is 5.76 Å². The molecular formula is C18H28IN3O2. The van der Waals surface area contributed by atoms with Crippen molar-refractivity contribution in [3.05, 3.63) is 24.2 Å². The second-order valence-electron chi connectivity index (χ2n) is 7.19. The fourth-order valence-corrected chi connectivity index (χ4v) is 4.73. The molecule has 1 aromatic heterocycles. The van der Waals surface area contributed by atoms with Crippen molar-refractivity contribution in [1.29, 1.82) is 0 Å². The molecule has 134 valence electrons. The summed E-state index contributed by atoms with van der Waals surface area (Å²) in [6.07, 6.45) is 7.34. The third-order valence-corrected chi connectivity index (χ3v) is 5.96. The number of hydrogen-bond acceptors (Lipinski definition) is 3. The molecule has 0 bridgehead atoms. The molecule has 3 aliphatic rings. The summed E-state index contributed by atoms with van der Waals surface area (Å²) in [5.41, 5.74) is 0.376. The smallest absolute Gasteiger partial charge is 0.194 e. The van der Waals surface area contributed by atoms with Gasteiger partial charge in [0.2, 0.25) is 0 Å². The van der Waals surface area contributed by atoms with E-state index in [0.29, 0.717) is 23.5 Å². The Morgan fingerprint density at radius 3 is 2.92 bits per heavy atom. The summed E-state index contributed by atoms with van der Waals surface area (Å²) in [5, 5.41) is 3.79. The van der Waals surface area contributed by atoms with Crippen molar-refractivity contribution in [2.45, 2.75) is 51.3 Å². The maximum atomic E-state index is 6.02. The maximum absolute atomic E-state index is 6.02. The molecule has 1 aliphatic heterocycles. The standard InChI is InChI=1S/C18H27N3O2.HI/c1-3-19-17(21(2)12-13-6-4-10-22-13)20-15-14-7-11-23-16(14)18(15)8-5-9-18;/h4,6,10,14-16H,3,5,7-9,11-12H2,1-2H3,(H,19,20);1H. The molecule has 1 spiro atoms. The average Bonchev–Trinajstić information content (AvgIpc) is 3.12. The molecule has 6 heteroatoms. The molecule has 0 aromatic carbocycles. The Bertz CT molecular complexity index is 571. The van der Waals surface area contributed by atoms with Crippen LogP contribution in [0.4, 0.5) is 0 Å². The summed E-state index contributed by atoms with van der Waals surface area (Å²) in [6.45, 7) is 4.54. The Labute approximate surface area is 161 Å². The Morgan fingerprint density at radius 1 is 1.46 bits per heavy atom. The molecule has 0 radical (unpaired) electrons. The minimum absolute atomic E-state index is 0. The van der Waals surface area contributed by atoms with Crippen molar-refractivity contribution in [2.24, 2.45) is 16.3 Å². The van der Waals surface area contributed by atoms with E-state index in [-0.39, 0.29) is 24.0 Å². The van der Waals surface area contributed by atoms with Gasteiger partial charge in [-0.1, -0.05) is 6.42 Å². The fourth-order valence-electron chi connectivity index (χ4n) is 4.73. The number of aliphatic imine (C=N–C) groups is 1. The number of nitrogens with zero attached hydrogens (tertiary/aromatic N) is 2. The van der Waals surface area contributed by atoms with Crippen LogP contribution in [0.3, 0.4) is 0 Å². The second-order valence-corrected chi connectivity index (χ2v) is 7.19. The predicted octanol–water partition coefficient (Wildman–Crippen LogP) is 3.25. The number of fused-ring (bicyclic) bond motifs is 2. The van der Waals surface area contributed by atoms with Gasteiger partial charge in [-0.25, -0.2) is 0 Å². The zero-order valence-corrected chi connectivity index (χ0v) is 16.9. The van der Waals surface area contributed by atoms with E-state index in [1.54, 1.807) is 6.26 Å². The zero-order valence-electron chi connectivity index (χ0n) is 14.5. The van der Waals surface area contributed by atoms with Crippen molar-refractivity contribution >= 4 is 29.9 Å².